The third-order valence-corrected chi connectivity index (χ3v) is 7.85. The molecule has 0 bridgehead atoms. The Kier molecular flexibility index (Phi) is 21.2. The second-order valence-electron chi connectivity index (χ2n) is 11.6. The highest BCUT2D eigenvalue weighted by atomic mass is 31.2. The molecule has 0 fully saturated rings. The number of phosphoric acid groups is 1. The van der Waals surface area contributed by atoms with Gasteiger partial charge in [-0.3, -0.25) is 4.52 Å². The van der Waals surface area contributed by atoms with Gasteiger partial charge in [-0.2, -0.15) is 10.1 Å². The molecule has 0 rings (SSSR count). The van der Waals surface area contributed by atoms with Crippen molar-refractivity contribution in [1.29, 1.82) is 0 Å². The van der Waals surface area contributed by atoms with Crippen LogP contribution >= 0.6 is 7.82 Å². The van der Waals surface area contributed by atoms with Crippen LogP contribution in [0.25, 0.3) is 0 Å². The summed E-state index contributed by atoms with van der Waals surface area (Å²) in [6, 6.07) is 0. The highest BCUT2D eigenvalue weighted by Crippen LogP contribution is 2.43. The molecule has 0 aliphatic carbocycles. The highest BCUT2D eigenvalue weighted by Gasteiger charge is 2.26. The summed E-state index contributed by atoms with van der Waals surface area (Å²) in [4.78, 5) is 10.2. The predicted octanol–water partition coefficient (Wildman–Crippen LogP) is 9.31. The molecular formula is C28H60NO4P. The minimum atomic E-state index is -4.08. The van der Waals surface area contributed by atoms with Crippen molar-refractivity contribution in [2.24, 2.45) is 29.6 Å². The lowest BCUT2D eigenvalue weighted by atomic mass is 9.83. The Bertz CT molecular complexity index is 501. The van der Waals surface area contributed by atoms with Crippen molar-refractivity contribution >= 4 is 7.82 Å². The second-order valence-corrected chi connectivity index (χ2v) is 13.0. The fourth-order valence-electron chi connectivity index (χ4n) is 4.45. The van der Waals surface area contributed by atoms with Gasteiger partial charge in [-0.05, 0) is 42.4 Å². The molecule has 0 aromatic rings. The van der Waals surface area contributed by atoms with E-state index in [4.69, 9.17) is 9.15 Å². The molecule has 6 heteroatoms. The van der Waals surface area contributed by atoms with Gasteiger partial charge in [0.2, 0.25) is 0 Å². The predicted molar refractivity (Wildman–Crippen MR) is 147 cm³/mol. The summed E-state index contributed by atoms with van der Waals surface area (Å²) in [5.74, 6) is 2.91. The first-order valence-corrected chi connectivity index (χ1v) is 16.0. The Labute approximate surface area is 213 Å². The van der Waals surface area contributed by atoms with Crippen molar-refractivity contribution in [2.75, 3.05) is 13.2 Å². The Hall–Kier alpha value is 0.0700. The molecule has 0 aliphatic rings. The molecule has 206 valence electrons. The normalized spacial score (nSPS) is 16.6. The summed E-state index contributed by atoms with van der Waals surface area (Å²) in [5, 5.41) is 0. The lowest BCUT2D eigenvalue weighted by Gasteiger charge is -2.26. The Morgan fingerprint density at radius 1 is 0.735 bits per heavy atom. The quantitative estimate of drug-likeness (QED) is 0.0777. The van der Waals surface area contributed by atoms with Crippen LogP contribution in [0.5, 0.6) is 0 Å². The molecule has 0 radical (unpaired) electrons. The van der Waals surface area contributed by atoms with Crippen LogP contribution in [-0.4, -0.2) is 18.0 Å². The molecule has 34 heavy (non-hydrogen) atoms. The van der Waals surface area contributed by atoms with Crippen LogP contribution in [0.2, 0.25) is 0 Å². The lowest BCUT2D eigenvalue weighted by Crippen LogP contribution is -2.21. The minimum Gasteiger partial charge on any atom is -0.301 e. The van der Waals surface area contributed by atoms with Crippen LogP contribution in [-0.2, 0) is 13.7 Å². The van der Waals surface area contributed by atoms with E-state index in [1.165, 1.54) is 57.8 Å². The van der Waals surface area contributed by atoms with Gasteiger partial charge in [-0.15, -0.1) is 0 Å². The lowest BCUT2D eigenvalue weighted by molar-refractivity contribution is 0.0741. The van der Waals surface area contributed by atoms with Gasteiger partial charge in [-0.1, -0.05) is 126 Å². The molecule has 4 unspecified atom stereocenters. The fourth-order valence-corrected chi connectivity index (χ4v) is 5.14. The summed E-state index contributed by atoms with van der Waals surface area (Å²) in [5.41, 5.74) is 2.66. The van der Waals surface area contributed by atoms with Crippen LogP contribution in [0.1, 0.15) is 138 Å². The smallest absolute Gasteiger partial charge is 0.301 e. The fraction of sp³-hybridized carbons (Fsp3) is 1.00. The zero-order valence-corrected chi connectivity index (χ0v) is 24.7. The third-order valence-electron chi connectivity index (χ3n) is 7.02. The Morgan fingerprint density at radius 3 is 1.94 bits per heavy atom. The Balaban J connectivity index is 4.49. The zero-order chi connectivity index (χ0) is 25.8. The number of hydrogen-bond donors (Lipinski definition) is 2. The maximum atomic E-state index is 12.4. The van der Waals surface area contributed by atoms with Gasteiger partial charge in [0.05, 0.1) is 6.61 Å². The largest absolute Gasteiger partial charge is 0.488 e. The molecule has 5 nitrogen and oxygen atoms in total. The number of rotatable bonds is 24. The van der Waals surface area contributed by atoms with E-state index in [0.717, 1.165) is 38.0 Å². The first-order valence-electron chi connectivity index (χ1n) is 14.5. The summed E-state index contributed by atoms with van der Waals surface area (Å²) in [6.45, 7) is 16.8. The molecule has 2 N–H and O–H groups in total. The van der Waals surface area contributed by atoms with Crippen molar-refractivity contribution in [1.82, 2.24) is 5.48 Å². The summed E-state index contributed by atoms with van der Waals surface area (Å²) < 4.78 is 22.9. The van der Waals surface area contributed by atoms with Crippen molar-refractivity contribution in [2.45, 2.75) is 138 Å². The number of nitrogens with one attached hydrogen (secondary N) is 1. The van der Waals surface area contributed by atoms with Crippen molar-refractivity contribution in [3.63, 3.8) is 0 Å². The van der Waals surface area contributed by atoms with Gasteiger partial charge in [-0.25, -0.2) is 4.57 Å². The molecule has 0 spiro atoms. The van der Waals surface area contributed by atoms with Crippen molar-refractivity contribution < 1.29 is 18.6 Å². The maximum absolute atomic E-state index is 12.4. The van der Waals surface area contributed by atoms with E-state index >= 15 is 0 Å². The molecule has 0 amide bonds. The topological polar surface area (TPSA) is 67.8 Å². The van der Waals surface area contributed by atoms with Gasteiger partial charge in [0.25, 0.3) is 0 Å². The van der Waals surface area contributed by atoms with Gasteiger partial charge in [0.1, 0.15) is 0 Å². The molecule has 0 aliphatic heterocycles. The average molecular weight is 506 g/mol. The SMILES string of the molecule is CCCCCCCCNOP(=O)(O)OCC(CCC(C)CCCC(C)C)C(C)CCCC(C)C. The van der Waals surface area contributed by atoms with Gasteiger partial charge < -0.3 is 4.89 Å². The van der Waals surface area contributed by atoms with E-state index in [0.29, 0.717) is 24.3 Å². The van der Waals surface area contributed by atoms with Crippen molar-refractivity contribution in [3.8, 4) is 0 Å². The van der Waals surface area contributed by atoms with E-state index in [1.54, 1.807) is 0 Å². The van der Waals surface area contributed by atoms with Crippen LogP contribution < -0.4 is 5.48 Å². The minimum absolute atomic E-state index is 0.280. The number of hydroxylamine groups is 1. The van der Waals surface area contributed by atoms with Gasteiger partial charge in [0.15, 0.2) is 0 Å². The molecule has 0 saturated heterocycles. The maximum Gasteiger partial charge on any atom is 0.488 e. The van der Waals surface area contributed by atoms with Gasteiger partial charge >= 0.3 is 7.82 Å². The van der Waals surface area contributed by atoms with E-state index in [9.17, 15) is 9.46 Å². The number of hydrogen-bond acceptors (Lipinski definition) is 4. The standard InChI is InChI=1S/C28H60NO4P/c1-8-9-10-11-12-13-22-29-33-34(30,31)32-23-28(27(7)19-15-17-25(4)5)21-20-26(6)18-14-16-24(2)3/h24-29H,8-23H2,1-7H3,(H,30,31). The monoisotopic (exact) mass is 505 g/mol. The molecule has 0 aromatic heterocycles. The molecule has 0 saturated carbocycles. The zero-order valence-electron chi connectivity index (χ0n) is 23.8. The summed E-state index contributed by atoms with van der Waals surface area (Å²) in [6.07, 6.45) is 16.6. The van der Waals surface area contributed by atoms with E-state index in [2.05, 4.69) is 53.9 Å². The highest BCUT2D eigenvalue weighted by molar-refractivity contribution is 7.47. The number of phosphoric ester groups is 1. The Morgan fingerprint density at radius 2 is 1.32 bits per heavy atom. The molecule has 0 aromatic carbocycles. The van der Waals surface area contributed by atoms with Crippen molar-refractivity contribution in [3.05, 3.63) is 0 Å². The first-order chi connectivity index (χ1) is 16.1. The van der Waals surface area contributed by atoms with Gasteiger partial charge in [0, 0.05) is 6.54 Å². The molecular weight excluding hydrogens is 445 g/mol. The first kappa shape index (κ1) is 34.1. The van der Waals surface area contributed by atoms with E-state index in [1.807, 2.05) is 0 Å². The van der Waals surface area contributed by atoms with Crippen LogP contribution in [0.4, 0.5) is 0 Å². The van der Waals surface area contributed by atoms with E-state index < -0.39 is 7.82 Å². The van der Waals surface area contributed by atoms with Crippen LogP contribution in [0, 0.1) is 29.6 Å². The molecule has 4 atom stereocenters. The van der Waals surface area contributed by atoms with E-state index in [-0.39, 0.29) is 12.5 Å². The summed E-state index contributed by atoms with van der Waals surface area (Å²) >= 11 is 0. The summed E-state index contributed by atoms with van der Waals surface area (Å²) in [7, 11) is -4.08. The number of unbranched alkanes of at least 4 members (excludes halogenated alkanes) is 5. The third kappa shape index (κ3) is 21.4. The second kappa shape index (κ2) is 21.2. The van der Waals surface area contributed by atoms with Crippen LogP contribution in [0.15, 0.2) is 0 Å². The molecule has 0 heterocycles. The van der Waals surface area contributed by atoms with Crippen LogP contribution in [0.3, 0.4) is 0 Å². The average Bonchev–Trinajstić information content (AvgIpc) is 2.75.